The van der Waals surface area contributed by atoms with Crippen LogP contribution in [0.1, 0.15) is 64.0 Å². The summed E-state index contributed by atoms with van der Waals surface area (Å²) in [5, 5.41) is 7.03. The minimum Gasteiger partial charge on any atom is -0.307 e. The van der Waals surface area contributed by atoms with E-state index in [9.17, 15) is 0 Å². The first-order valence-corrected chi connectivity index (χ1v) is 9.50. The fourth-order valence-electron chi connectivity index (χ4n) is 3.51. The van der Waals surface area contributed by atoms with Gasteiger partial charge in [-0.25, -0.2) is 0 Å². The van der Waals surface area contributed by atoms with Crippen molar-refractivity contribution in [3.63, 3.8) is 0 Å². The number of thioether (sulfide) groups is 1. The zero-order valence-electron chi connectivity index (χ0n) is 12.0. The number of hydrogen-bond donors (Lipinski definition) is 1. The minimum absolute atomic E-state index is 0.600. The molecule has 3 rings (SSSR count). The molecule has 1 N–H and O–H groups in total. The van der Waals surface area contributed by atoms with E-state index < -0.39 is 0 Å². The Hall–Kier alpha value is 0.0100. The summed E-state index contributed by atoms with van der Waals surface area (Å²) < 4.78 is 1.55. The molecule has 1 fully saturated rings. The molecular formula is C16H25NS2. The molecule has 1 aromatic rings. The molecule has 3 unspecified atom stereocenters. The lowest BCUT2D eigenvalue weighted by Crippen LogP contribution is -2.39. The smallest absolute Gasteiger partial charge is 0.0649 e. The zero-order chi connectivity index (χ0) is 13.2. The van der Waals surface area contributed by atoms with Crippen LogP contribution in [-0.2, 0) is 0 Å². The van der Waals surface area contributed by atoms with Gasteiger partial charge in [-0.1, -0.05) is 33.1 Å². The van der Waals surface area contributed by atoms with Crippen LogP contribution in [0.4, 0.5) is 0 Å². The summed E-state index contributed by atoms with van der Waals surface area (Å²) in [5.41, 5.74) is 1.57. The first kappa shape index (κ1) is 14.0. The van der Waals surface area contributed by atoms with Crippen molar-refractivity contribution in [3.05, 3.63) is 17.0 Å². The highest BCUT2D eigenvalue weighted by atomic mass is 32.2. The number of thiophene rings is 1. The third kappa shape index (κ3) is 3.20. The molecule has 0 saturated heterocycles. The van der Waals surface area contributed by atoms with E-state index in [0.29, 0.717) is 6.04 Å². The molecule has 1 saturated carbocycles. The Labute approximate surface area is 125 Å². The predicted octanol–water partition coefficient (Wildman–Crippen LogP) is 5.23. The molecule has 0 spiro atoms. The van der Waals surface area contributed by atoms with Crippen molar-refractivity contribution in [2.24, 2.45) is 5.92 Å². The fraction of sp³-hybridized carbons (Fsp3) is 0.750. The van der Waals surface area contributed by atoms with Gasteiger partial charge in [0.15, 0.2) is 0 Å². The zero-order valence-corrected chi connectivity index (χ0v) is 13.7. The molecule has 19 heavy (non-hydrogen) atoms. The van der Waals surface area contributed by atoms with Gasteiger partial charge in [0.05, 0.1) is 4.21 Å². The molecule has 2 aliphatic rings. The molecule has 0 bridgehead atoms. The number of hydrogen-bond acceptors (Lipinski definition) is 3. The van der Waals surface area contributed by atoms with Crippen LogP contribution in [0.3, 0.4) is 0 Å². The Morgan fingerprint density at radius 3 is 2.89 bits per heavy atom. The largest absolute Gasteiger partial charge is 0.307 e. The van der Waals surface area contributed by atoms with Crippen LogP contribution in [0.25, 0.3) is 0 Å². The van der Waals surface area contributed by atoms with E-state index in [0.717, 1.165) is 17.2 Å². The van der Waals surface area contributed by atoms with Crippen LogP contribution < -0.4 is 5.32 Å². The van der Waals surface area contributed by atoms with E-state index in [4.69, 9.17) is 0 Å². The van der Waals surface area contributed by atoms with Crippen LogP contribution in [0.15, 0.2) is 15.7 Å². The van der Waals surface area contributed by atoms with Gasteiger partial charge in [0.25, 0.3) is 0 Å². The monoisotopic (exact) mass is 295 g/mol. The van der Waals surface area contributed by atoms with Gasteiger partial charge in [-0.15, -0.1) is 23.1 Å². The van der Waals surface area contributed by atoms with Crippen LogP contribution in [0.2, 0.25) is 0 Å². The van der Waals surface area contributed by atoms with Crippen LogP contribution in [0, 0.1) is 5.92 Å². The van der Waals surface area contributed by atoms with Crippen molar-refractivity contribution in [3.8, 4) is 0 Å². The van der Waals surface area contributed by atoms with E-state index in [2.05, 4.69) is 42.4 Å². The Morgan fingerprint density at radius 1 is 1.16 bits per heavy atom. The number of rotatable bonds is 2. The van der Waals surface area contributed by atoms with Crippen LogP contribution >= 0.6 is 23.1 Å². The third-order valence-electron chi connectivity index (χ3n) is 4.69. The van der Waals surface area contributed by atoms with Gasteiger partial charge in [0.2, 0.25) is 0 Å². The highest BCUT2D eigenvalue weighted by Gasteiger charge is 2.29. The van der Waals surface area contributed by atoms with Gasteiger partial charge < -0.3 is 5.32 Å². The molecule has 0 amide bonds. The summed E-state index contributed by atoms with van der Waals surface area (Å²) in [6.45, 7) is 4.82. The molecule has 0 radical (unpaired) electrons. The van der Waals surface area contributed by atoms with Crippen molar-refractivity contribution < 1.29 is 0 Å². The van der Waals surface area contributed by atoms with Gasteiger partial charge in [-0.05, 0) is 42.2 Å². The van der Waals surface area contributed by atoms with Crippen LogP contribution in [-0.4, -0.2) is 11.3 Å². The minimum atomic E-state index is 0.600. The Balaban J connectivity index is 1.72. The summed E-state index contributed by atoms with van der Waals surface area (Å²) >= 11 is 3.99. The van der Waals surface area contributed by atoms with E-state index in [1.807, 2.05) is 11.3 Å². The normalized spacial score (nSPS) is 35.7. The molecule has 106 valence electrons. The summed E-state index contributed by atoms with van der Waals surface area (Å²) in [7, 11) is 0. The Bertz CT molecular complexity index is 415. The second kappa shape index (κ2) is 6.19. The maximum Gasteiger partial charge on any atom is 0.0649 e. The van der Waals surface area contributed by atoms with Crippen molar-refractivity contribution in [2.45, 2.75) is 73.9 Å². The SMILES string of the molecule is CC1CCCCCC1NC1C[C@H](C)Sc2sccc21. The Morgan fingerprint density at radius 2 is 2.00 bits per heavy atom. The van der Waals surface area contributed by atoms with E-state index >= 15 is 0 Å². The van der Waals surface area contributed by atoms with E-state index in [1.54, 1.807) is 9.77 Å². The second-order valence-corrected chi connectivity index (χ2v) is 8.89. The quantitative estimate of drug-likeness (QED) is 0.750. The number of nitrogens with one attached hydrogen (secondary N) is 1. The standard InChI is InChI=1S/C16H25NS2/c1-11-6-4-3-5-7-14(11)17-15-10-12(2)19-16-13(15)8-9-18-16/h8-9,11-12,14-15,17H,3-7,10H2,1-2H3/t11?,12-,14?,15?/m0/s1. The summed E-state index contributed by atoms with van der Waals surface area (Å²) in [4.78, 5) is 0. The number of fused-ring (bicyclic) bond motifs is 1. The molecule has 1 nitrogen and oxygen atoms in total. The highest BCUT2D eigenvalue weighted by molar-refractivity contribution is 8.01. The molecule has 0 aromatic carbocycles. The maximum atomic E-state index is 4.01. The molecule has 2 heterocycles. The molecule has 4 atom stereocenters. The lowest BCUT2D eigenvalue weighted by atomic mass is 9.94. The molecule has 3 heteroatoms. The second-order valence-electron chi connectivity index (χ2n) is 6.27. The lowest BCUT2D eigenvalue weighted by molar-refractivity contribution is 0.311. The van der Waals surface area contributed by atoms with E-state index in [1.165, 1.54) is 38.5 Å². The van der Waals surface area contributed by atoms with Gasteiger partial charge in [0.1, 0.15) is 0 Å². The Kier molecular flexibility index (Phi) is 4.55. The average molecular weight is 296 g/mol. The molecule has 1 aliphatic carbocycles. The first-order valence-electron chi connectivity index (χ1n) is 7.74. The maximum absolute atomic E-state index is 4.01. The van der Waals surface area contributed by atoms with Crippen molar-refractivity contribution in [1.82, 2.24) is 5.32 Å². The van der Waals surface area contributed by atoms with Gasteiger partial charge in [-0.3, -0.25) is 0 Å². The molecule has 1 aliphatic heterocycles. The van der Waals surface area contributed by atoms with Crippen LogP contribution in [0.5, 0.6) is 0 Å². The lowest BCUT2D eigenvalue weighted by Gasteiger charge is -2.33. The topological polar surface area (TPSA) is 12.0 Å². The van der Waals surface area contributed by atoms with E-state index in [-0.39, 0.29) is 0 Å². The predicted molar refractivity (Wildman–Crippen MR) is 86.2 cm³/mol. The van der Waals surface area contributed by atoms with Crippen molar-refractivity contribution in [2.75, 3.05) is 0 Å². The first-order chi connectivity index (χ1) is 9.24. The van der Waals surface area contributed by atoms with Crippen molar-refractivity contribution in [1.29, 1.82) is 0 Å². The van der Waals surface area contributed by atoms with Gasteiger partial charge in [0, 0.05) is 17.3 Å². The average Bonchev–Trinajstić information content (AvgIpc) is 2.75. The van der Waals surface area contributed by atoms with Gasteiger partial charge in [-0.2, -0.15) is 0 Å². The summed E-state index contributed by atoms with van der Waals surface area (Å²) in [6, 6.07) is 3.68. The summed E-state index contributed by atoms with van der Waals surface area (Å²) in [6.07, 6.45) is 8.35. The third-order valence-corrected chi connectivity index (χ3v) is 7.03. The molecule has 1 aromatic heterocycles. The van der Waals surface area contributed by atoms with Gasteiger partial charge >= 0.3 is 0 Å². The fourth-order valence-corrected chi connectivity index (χ4v) is 6.07. The summed E-state index contributed by atoms with van der Waals surface area (Å²) in [5.74, 6) is 0.842. The highest BCUT2D eigenvalue weighted by Crippen LogP contribution is 2.44. The molecular weight excluding hydrogens is 270 g/mol. The van der Waals surface area contributed by atoms with Crippen molar-refractivity contribution >= 4 is 23.1 Å².